The van der Waals surface area contributed by atoms with Crippen LogP contribution in [-0.4, -0.2) is 17.5 Å². The molecule has 25 heavy (non-hydrogen) atoms. The average molecular weight is 360 g/mol. The van der Waals surface area contributed by atoms with E-state index in [0.717, 1.165) is 11.1 Å². The van der Waals surface area contributed by atoms with Crippen LogP contribution in [0.4, 0.5) is 13.9 Å². The minimum Gasteiger partial charge on any atom is -0.435 e. The maximum Gasteiger partial charge on any atom is 0.387 e. The van der Waals surface area contributed by atoms with Crippen molar-refractivity contribution in [2.75, 3.05) is 5.32 Å². The minimum absolute atomic E-state index is 0.0852. The van der Waals surface area contributed by atoms with Gasteiger partial charge < -0.3 is 4.74 Å². The predicted molar refractivity (Wildman–Crippen MR) is 93.3 cm³/mol. The Bertz CT molecular complexity index is 879. The lowest BCUT2D eigenvalue weighted by Gasteiger charge is -2.05. The summed E-state index contributed by atoms with van der Waals surface area (Å²) in [6, 6.07) is 13.5. The lowest BCUT2D eigenvalue weighted by molar-refractivity contribution is -0.0498. The summed E-state index contributed by atoms with van der Waals surface area (Å²) < 4.78 is 28.6. The maximum absolute atomic E-state index is 12.3. The van der Waals surface area contributed by atoms with Crippen LogP contribution in [-0.2, 0) is 0 Å². The van der Waals surface area contributed by atoms with E-state index in [4.69, 9.17) is 0 Å². The molecular weight excluding hydrogens is 346 g/mol. The van der Waals surface area contributed by atoms with Gasteiger partial charge in [-0.1, -0.05) is 18.2 Å². The first-order chi connectivity index (χ1) is 12.0. The number of ether oxygens (including phenoxy) is 1. The highest BCUT2D eigenvalue weighted by Gasteiger charge is 2.12. The number of benzene rings is 2. The monoisotopic (exact) mass is 360 g/mol. The number of nitrogens with one attached hydrogen (secondary N) is 1. The quantitative estimate of drug-likeness (QED) is 0.699. The highest BCUT2D eigenvalue weighted by Crippen LogP contribution is 2.27. The predicted octanol–water partition coefficient (Wildman–Crippen LogP) is 4.97. The Hall–Kier alpha value is -2.80. The molecule has 0 aliphatic carbocycles. The Morgan fingerprint density at radius 1 is 1.16 bits per heavy atom. The summed E-state index contributed by atoms with van der Waals surface area (Å²) in [6.07, 6.45) is 0. The van der Waals surface area contributed by atoms with Crippen LogP contribution in [0.2, 0.25) is 0 Å². The molecule has 7 heteroatoms. The first kappa shape index (κ1) is 17.0. The van der Waals surface area contributed by atoms with Crippen molar-refractivity contribution in [1.82, 2.24) is 4.98 Å². The van der Waals surface area contributed by atoms with Gasteiger partial charge in [0.2, 0.25) is 0 Å². The molecule has 2 aromatic carbocycles. The second-order valence-electron chi connectivity index (χ2n) is 5.21. The molecule has 0 aliphatic rings. The Morgan fingerprint density at radius 2 is 1.88 bits per heavy atom. The average Bonchev–Trinajstić information content (AvgIpc) is 3.04. The van der Waals surface area contributed by atoms with Gasteiger partial charge in [0.15, 0.2) is 5.13 Å². The van der Waals surface area contributed by atoms with Crippen LogP contribution in [0.5, 0.6) is 5.75 Å². The summed E-state index contributed by atoms with van der Waals surface area (Å²) in [6.45, 7) is -0.987. The van der Waals surface area contributed by atoms with Crippen molar-refractivity contribution in [3.05, 3.63) is 65.0 Å². The maximum atomic E-state index is 12.3. The third-order valence-corrected chi connectivity index (χ3v) is 4.25. The van der Waals surface area contributed by atoms with E-state index in [1.165, 1.54) is 23.5 Å². The summed E-state index contributed by atoms with van der Waals surface area (Å²) in [7, 11) is 0. The number of anilines is 1. The number of carbonyl (C=O) groups excluding carboxylic acids is 1. The molecule has 1 amide bonds. The standard InChI is InChI=1S/C18H14F2N2O2S/c1-11-4-2-3-5-14(11)16(23)22-18-21-15(10-25-18)12-6-8-13(9-7-12)24-17(19)20/h2-10,17H,1H3,(H,21,22,23). The zero-order valence-corrected chi connectivity index (χ0v) is 14.0. The Morgan fingerprint density at radius 3 is 2.56 bits per heavy atom. The van der Waals surface area contributed by atoms with E-state index >= 15 is 0 Å². The zero-order valence-electron chi connectivity index (χ0n) is 13.2. The van der Waals surface area contributed by atoms with Crippen LogP contribution in [0, 0.1) is 6.92 Å². The van der Waals surface area contributed by atoms with Gasteiger partial charge in [0.1, 0.15) is 5.75 Å². The highest BCUT2D eigenvalue weighted by molar-refractivity contribution is 7.14. The lowest BCUT2D eigenvalue weighted by Crippen LogP contribution is -2.12. The fourth-order valence-electron chi connectivity index (χ4n) is 2.26. The van der Waals surface area contributed by atoms with Crippen molar-refractivity contribution in [2.24, 2.45) is 0 Å². The number of hydrogen-bond donors (Lipinski definition) is 1. The molecule has 0 saturated carbocycles. The van der Waals surface area contributed by atoms with Gasteiger partial charge >= 0.3 is 6.61 Å². The molecule has 0 fully saturated rings. The van der Waals surface area contributed by atoms with Crippen LogP contribution in [0.15, 0.2) is 53.9 Å². The van der Waals surface area contributed by atoms with Crippen LogP contribution >= 0.6 is 11.3 Å². The van der Waals surface area contributed by atoms with E-state index in [1.54, 1.807) is 29.6 Å². The number of nitrogens with zero attached hydrogens (tertiary/aromatic N) is 1. The second-order valence-corrected chi connectivity index (χ2v) is 6.07. The van der Waals surface area contributed by atoms with Crippen LogP contribution in [0.1, 0.15) is 15.9 Å². The molecule has 0 spiro atoms. The number of halogens is 2. The van der Waals surface area contributed by atoms with E-state index in [-0.39, 0.29) is 11.7 Å². The fourth-order valence-corrected chi connectivity index (χ4v) is 2.98. The Kier molecular flexibility index (Phi) is 5.04. The van der Waals surface area contributed by atoms with E-state index in [2.05, 4.69) is 15.0 Å². The number of aryl methyl sites for hydroxylation is 1. The number of hydrogen-bond acceptors (Lipinski definition) is 4. The third kappa shape index (κ3) is 4.19. The molecule has 1 N–H and O–H groups in total. The van der Waals surface area contributed by atoms with Gasteiger partial charge in [0.05, 0.1) is 5.69 Å². The molecule has 0 radical (unpaired) electrons. The summed E-state index contributed by atoms with van der Waals surface area (Å²) >= 11 is 1.29. The Labute approximate surface area is 147 Å². The molecule has 0 unspecified atom stereocenters. The molecular formula is C18H14F2N2O2S. The van der Waals surface area contributed by atoms with Gasteiger partial charge in [-0.15, -0.1) is 11.3 Å². The topological polar surface area (TPSA) is 51.2 Å². The second kappa shape index (κ2) is 7.40. The van der Waals surface area contributed by atoms with E-state index < -0.39 is 6.61 Å². The van der Waals surface area contributed by atoms with Crippen LogP contribution in [0.25, 0.3) is 11.3 Å². The first-order valence-electron chi connectivity index (χ1n) is 7.40. The summed E-state index contributed by atoms with van der Waals surface area (Å²) in [4.78, 5) is 16.7. The van der Waals surface area contributed by atoms with Crippen LogP contribution in [0.3, 0.4) is 0 Å². The van der Waals surface area contributed by atoms with Crippen molar-refractivity contribution >= 4 is 22.4 Å². The Balaban J connectivity index is 1.72. The van der Waals surface area contributed by atoms with Crippen molar-refractivity contribution < 1.29 is 18.3 Å². The molecule has 0 bridgehead atoms. The highest BCUT2D eigenvalue weighted by atomic mass is 32.1. The number of carbonyl (C=O) groups is 1. The number of thiazole rings is 1. The van der Waals surface area contributed by atoms with Gasteiger partial charge in [0.25, 0.3) is 5.91 Å². The molecule has 3 rings (SSSR count). The molecule has 128 valence electrons. The van der Waals surface area contributed by atoms with E-state index in [1.807, 2.05) is 19.1 Å². The van der Waals surface area contributed by atoms with Gasteiger partial charge in [-0.2, -0.15) is 8.78 Å². The zero-order chi connectivity index (χ0) is 17.8. The van der Waals surface area contributed by atoms with Gasteiger partial charge in [0, 0.05) is 16.5 Å². The first-order valence-corrected chi connectivity index (χ1v) is 8.28. The number of amides is 1. The fraction of sp³-hybridized carbons (Fsp3) is 0.111. The summed E-state index contributed by atoms with van der Waals surface area (Å²) in [5.74, 6) is -0.137. The molecule has 1 aromatic heterocycles. The largest absolute Gasteiger partial charge is 0.435 e. The van der Waals surface area contributed by atoms with Crippen LogP contribution < -0.4 is 10.1 Å². The number of alkyl halides is 2. The number of rotatable bonds is 5. The van der Waals surface area contributed by atoms with Crippen molar-refractivity contribution in [2.45, 2.75) is 13.5 Å². The van der Waals surface area contributed by atoms with Gasteiger partial charge in [-0.05, 0) is 42.8 Å². The van der Waals surface area contributed by atoms with Crippen molar-refractivity contribution in [3.8, 4) is 17.0 Å². The third-order valence-electron chi connectivity index (χ3n) is 3.49. The lowest BCUT2D eigenvalue weighted by atomic mass is 10.1. The number of aromatic nitrogens is 1. The minimum atomic E-state index is -2.85. The smallest absolute Gasteiger partial charge is 0.387 e. The molecule has 1 heterocycles. The van der Waals surface area contributed by atoms with Gasteiger partial charge in [-0.3, -0.25) is 10.1 Å². The SMILES string of the molecule is Cc1ccccc1C(=O)Nc1nc(-c2ccc(OC(F)F)cc2)cs1. The molecule has 0 atom stereocenters. The molecule has 0 aliphatic heterocycles. The summed E-state index contributed by atoms with van der Waals surface area (Å²) in [5.41, 5.74) is 2.86. The molecule has 3 aromatic rings. The van der Waals surface area contributed by atoms with E-state index in [0.29, 0.717) is 16.4 Å². The van der Waals surface area contributed by atoms with E-state index in [9.17, 15) is 13.6 Å². The normalized spacial score (nSPS) is 10.7. The van der Waals surface area contributed by atoms with Gasteiger partial charge in [-0.25, -0.2) is 4.98 Å². The summed E-state index contributed by atoms with van der Waals surface area (Å²) in [5, 5.41) is 5.03. The van der Waals surface area contributed by atoms with Crippen molar-refractivity contribution in [1.29, 1.82) is 0 Å². The molecule has 4 nitrogen and oxygen atoms in total. The van der Waals surface area contributed by atoms with Crippen molar-refractivity contribution in [3.63, 3.8) is 0 Å². The molecule has 0 saturated heterocycles.